The van der Waals surface area contributed by atoms with Gasteiger partial charge >= 0.3 is 6.18 Å². The summed E-state index contributed by atoms with van der Waals surface area (Å²) in [5.41, 5.74) is -0.679. The van der Waals surface area contributed by atoms with Crippen LogP contribution >= 0.6 is 11.6 Å². The molecule has 0 aliphatic heterocycles. The van der Waals surface area contributed by atoms with Crippen molar-refractivity contribution in [2.45, 2.75) is 32.5 Å². The molecule has 1 aromatic carbocycles. The largest absolute Gasteiger partial charge is 0.416 e. The highest BCUT2D eigenvalue weighted by Gasteiger charge is 2.32. The Hall–Kier alpha value is -3.47. The van der Waals surface area contributed by atoms with Crippen LogP contribution in [0.2, 0.25) is 5.02 Å². The van der Waals surface area contributed by atoms with Crippen LogP contribution in [-0.4, -0.2) is 38.6 Å². The van der Waals surface area contributed by atoms with Crippen LogP contribution in [0.3, 0.4) is 0 Å². The lowest BCUT2D eigenvalue weighted by molar-refractivity contribution is -0.137. The van der Waals surface area contributed by atoms with E-state index in [1.165, 1.54) is 23.3 Å². The normalized spacial score (nSPS) is 12.3. The van der Waals surface area contributed by atoms with Crippen LogP contribution < -0.4 is 10.2 Å². The maximum Gasteiger partial charge on any atom is 0.416 e. The number of alkyl halides is 3. The van der Waals surface area contributed by atoms with Gasteiger partial charge in [-0.2, -0.15) is 23.0 Å². The molecule has 0 spiro atoms. The van der Waals surface area contributed by atoms with Gasteiger partial charge in [-0.15, -0.1) is 0 Å². The first kappa shape index (κ1) is 24.2. The van der Waals surface area contributed by atoms with E-state index in [0.29, 0.717) is 24.3 Å². The predicted molar refractivity (Wildman–Crippen MR) is 115 cm³/mol. The number of rotatable bonds is 8. The Kier molecular flexibility index (Phi) is 7.32. The number of hydrogen-bond acceptors (Lipinski definition) is 5. The molecule has 0 aliphatic carbocycles. The number of halogens is 4. The van der Waals surface area contributed by atoms with Gasteiger partial charge in [0.1, 0.15) is 6.33 Å². The van der Waals surface area contributed by atoms with Crippen molar-refractivity contribution in [1.82, 2.24) is 25.1 Å². The molecule has 2 heterocycles. The predicted octanol–water partition coefficient (Wildman–Crippen LogP) is 4.20. The van der Waals surface area contributed by atoms with Gasteiger partial charge in [-0.3, -0.25) is 9.59 Å². The number of carbonyl (C=O) groups is 2. The summed E-state index contributed by atoms with van der Waals surface area (Å²) in [6.45, 7) is 4.05. The van der Waals surface area contributed by atoms with Crippen molar-refractivity contribution in [2.75, 3.05) is 11.4 Å². The van der Waals surface area contributed by atoms with E-state index in [2.05, 4.69) is 20.4 Å². The minimum Gasteiger partial charge on any atom is -0.352 e. The third kappa shape index (κ3) is 5.48. The molecule has 2 amide bonds. The molecule has 174 valence electrons. The van der Waals surface area contributed by atoms with Crippen molar-refractivity contribution in [2.24, 2.45) is 0 Å². The Morgan fingerprint density at radius 3 is 2.64 bits per heavy atom. The fourth-order valence-corrected chi connectivity index (χ4v) is 3.31. The van der Waals surface area contributed by atoms with Gasteiger partial charge in [0, 0.05) is 23.5 Å². The van der Waals surface area contributed by atoms with E-state index in [9.17, 15) is 22.8 Å². The molecule has 0 saturated carbocycles. The van der Waals surface area contributed by atoms with Gasteiger partial charge in [0.25, 0.3) is 5.91 Å². The molecule has 1 N–H and O–H groups in total. The van der Waals surface area contributed by atoms with Gasteiger partial charge in [-0.05, 0) is 43.7 Å². The number of amides is 2. The van der Waals surface area contributed by atoms with Gasteiger partial charge in [-0.25, -0.2) is 9.97 Å². The number of nitrogens with one attached hydrogen (secondary N) is 1. The number of carbonyl (C=O) groups excluding carboxylic acids is 2. The van der Waals surface area contributed by atoms with Gasteiger partial charge in [0.05, 0.1) is 17.2 Å². The summed E-state index contributed by atoms with van der Waals surface area (Å²) in [7, 11) is 0. The molecular formula is C21H20ClF3N6O2. The zero-order chi connectivity index (χ0) is 24.2. The lowest BCUT2D eigenvalue weighted by Crippen LogP contribution is -2.28. The second-order valence-electron chi connectivity index (χ2n) is 7.08. The summed E-state index contributed by atoms with van der Waals surface area (Å²) < 4.78 is 41.0. The van der Waals surface area contributed by atoms with E-state index in [4.69, 9.17) is 11.6 Å². The first-order valence-corrected chi connectivity index (χ1v) is 10.3. The average Bonchev–Trinajstić information content (AvgIpc) is 3.27. The van der Waals surface area contributed by atoms with E-state index in [1.807, 2.05) is 6.92 Å². The Balaban J connectivity index is 1.91. The molecule has 0 aliphatic rings. The highest BCUT2D eigenvalue weighted by atomic mass is 35.5. The summed E-state index contributed by atoms with van der Waals surface area (Å²) in [6, 6.07) is 5.16. The topological polar surface area (TPSA) is 93.0 Å². The van der Waals surface area contributed by atoms with Crippen molar-refractivity contribution < 1.29 is 22.8 Å². The van der Waals surface area contributed by atoms with Gasteiger partial charge in [-0.1, -0.05) is 18.5 Å². The average molecular weight is 481 g/mol. The van der Waals surface area contributed by atoms with E-state index in [0.717, 1.165) is 23.5 Å². The third-order valence-electron chi connectivity index (χ3n) is 4.75. The smallest absolute Gasteiger partial charge is 0.352 e. The van der Waals surface area contributed by atoms with Crippen molar-refractivity contribution >= 4 is 29.6 Å². The van der Waals surface area contributed by atoms with Crippen LogP contribution in [0.25, 0.3) is 5.82 Å². The second kappa shape index (κ2) is 9.99. The summed E-state index contributed by atoms with van der Waals surface area (Å²) >= 11 is 5.87. The van der Waals surface area contributed by atoms with Crippen LogP contribution in [0, 0.1) is 0 Å². The summed E-state index contributed by atoms with van der Waals surface area (Å²) in [5, 5.41) is 6.69. The molecular weight excluding hydrogens is 461 g/mol. The van der Waals surface area contributed by atoms with Crippen LogP contribution in [0.15, 0.2) is 42.9 Å². The maximum atomic E-state index is 13.2. The van der Waals surface area contributed by atoms with Crippen LogP contribution in [0.4, 0.5) is 18.9 Å². The standard InChI is InChI=1S/C21H20ClF3N6O2/c1-3-6-26-20(33)14-4-5-18(27-10-14)31-19(28-11-29-31)13(2)30(12-32)17-8-15(21(23,24)25)7-16(22)9-17/h4-5,7-13H,3,6H2,1-2H3,(H,26,33). The minimum absolute atomic E-state index is 0.0530. The van der Waals surface area contributed by atoms with Crippen molar-refractivity contribution in [1.29, 1.82) is 0 Å². The van der Waals surface area contributed by atoms with Crippen LogP contribution in [-0.2, 0) is 11.0 Å². The zero-order valence-electron chi connectivity index (χ0n) is 17.7. The Bertz CT molecular complexity index is 1130. The molecule has 3 aromatic rings. The third-order valence-corrected chi connectivity index (χ3v) is 4.97. The Labute approximate surface area is 192 Å². The number of nitrogens with zero attached hydrogens (tertiary/aromatic N) is 5. The zero-order valence-corrected chi connectivity index (χ0v) is 18.4. The number of benzene rings is 1. The summed E-state index contributed by atoms with van der Waals surface area (Å²) in [4.78, 5) is 33.4. The second-order valence-corrected chi connectivity index (χ2v) is 7.51. The van der Waals surface area contributed by atoms with Crippen LogP contribution in [0.1, 0.15) is 48.1 Å². The minimum atomic E-state index is -4.63. The molecule has 1 atom stereocenters. The Morgan fingerprint density at radius 2 is 2.03 bits per heavy atom. The van der Waals surface area contributed by atoms with Crippen LogP contribution in [0.5, 0.6) is 0 Å². The molecule has 3 rings (SSSR count). The van der Waals surface area contributed by atoms with Crippen molar-refractivity contribution in [3.05, 3.63) is 64.8 Å². The molecule has 1 unspecified atom stereocenters. The van der Waals surface area contributed by atoms with Crippen molar-refractivity contribution in [3.63, 3.8) is 0 Å². The fraction of sp³-hybridized carbons (Fsp3) is 0.286. The molecule has 2 aromatic heterocycles. The monoisotopic (exact) mass is 480 g/mol. The van der Waals surface area contributed by atoms with E-state index >= 15 is 0 Å². The van der Waals surface area contributed by atoms with Crippen molar-refractivity contribution in [3.8, 4) is 5.82 Å². The molecule has 8 nitrogen and oxygen atoms in total. The van der Waals surface area contributed by atoms with Gasteiger partial charge in [0.2, 0.25) is 6.41 Å². The number of aromatic nitrogens is 4. The SMILES string of the molecule is CCCNC(=O)c1ccc(-n2ncnc2C(C)N(C=O)c2cc(Cl)cc(C(F)(F)F)c2)nc1. The molecule has 0 bridgehead atoms. The quantitative estimate of drug-likeness (QED) is 0.488. The molecule has 0 fully saturated rings. The lowest BCUT2D eigenvalue weighted by Gasteiger charge is -2.25. The maximum absolute atomic E-state index is 13.2. The summed E-state index contributed by atoms with van der Waals surface area (Å²) in [6.07, 6.45) is -0.837. The lowest BCUT2D eigenvalue weighted by atomic mass is 10.1. The highest BCUT2D eigenvalue weighted by Crippen LogP contribution is 2.36. The van der Waals surface area contributed by atoms with Gasteiger partial charge < -0.3 is 10.2 Å². The fourth-order valence-electron chi connectivity index (χ4n) is 3.09. The molecule has 0 saturated heterocycles. The van der Waals surface area contributed by atoms with E-state index in [1.54, 1.807) is 19.1 Å². The van der Waals surface area contributed by atoms with Gasteiger partial charge in [0.15, 0.2) is 11.6 Å². The Morgan fingerprint density at radius 1 is 1.27 bits per heavy atom. The van der Waals surface area contributed by atoms with E-state index < -0.39 is 17.8 Å². The van der Waals surface area contributed by atoms with E-state index in [-0.39, 0.29) is 22.4 Å². The summed E-state index contributed by atoms with van der Waals surface area (Å²) in [5.74, 6) is 0.289. The number of pyridine rings is 1. The molecule has 0 radical (unpaired) electrons. The molecule has 12 heteroatoms. The number of hydrogen-bond donors (Lipinski definition) is 1. The number of anilines is 1. The first-order valence-electron chi connectivity index (χ1n) is 9.91. The molecule has 33 heavy (non-hydrogen) atoms. The first-order chi connectivity index (χ1) is 15.7. The highest BCUT2D eigenvalue weighted by molar-refractivity contribution is 6.31.